The van der Waals surface area contributed by atoms with Gasteiger partial charge in [0.05, 0.1) is 6.61 Å². The van der Waals surface area contributed by atoms with Gasteiger partial charge in [0.2, 0.25) is 0 Å². The van der Waals surface area contributed by atoms with E-state index >= 15 is 0 Å². The first-order valence-corrected chi connectivity index (χ1v) is 18.7. The molecule has 6 nitrogen and oxygen atoms in total. The molecule has 0 aromatic heterocycles. The molecule has 0 aromatic carbocycles. The Kier molecular flexibility index (Phi) is 9.44. The highest BCUT2D eigenvalue weighted by molar-refractivity contribution is 6.81. The van der Waals surface area contributed by atoms with Gasteiger partial charge in [-0.1, -0.05) is 25.3 Å². The second kappa shape index (κ2) is 11.0. The summed E-state index contributed by atoms with van der Waals surface area (Å²) in [6, 6.07) is 0.796. The maximum Gasteiger partial charge on any atom is 0.330 e. The summed E-state index contributed by atoms with van der Waals surface area (Å²) >= 11 is 0. The number of carbonyl (C=O) groups excluding carboxylic acids is 1. The van der Waals surface area contributed by atoms with Gasteiger partial charge in [-0.15, -0.1) is 0 Å². The van der Waals surface area contributed by atoms with Crippen LogP contribution >= 0.6 is 0 Å². The standard InChI is InChI=1S/C16H34O6Si4/c1-23-19-24(2)21-26(4,22-25(3)20-23)14-8-13-18-16(17)12-11-15-9-6-5-7-10-15/h11-12,15,23-25H,5-10,13-14H2,1-4H3/b12-11+. The summed E-state index contributed by atoms with van der Waals surface area (Å²) in [6.45, 7) is 8.59. The van der Waals surface area contributed by atoms with E-state index in [1.54, 1.807) is 6.08 Å². The van der Waals surface area contributed by atoms with Crippen molar-refractivity contribution in [3.63, 3.8) is 0 Å². The maximum absolute atomic E-state index is 11.9. The van der Waals surface area contributed by atoms with Crippen LogP contribution in [0.15, 0.2) is 12.2 Å². The number of hydrogen-bond acceptors (Lipinski definition) is 6. The van der Waals surface area contributed by atoms with Crippen LogP contribution < -0.4 is 0 Å². The lowest BCUT2D eigenvalue weighted by Gasteiger charge is -2.37. The summed E-state index contributed by atoms with van der Waals surface area (Å²) in [7, 11) is -7.30. The quantitative estimate of drug-likeness (QED) is 0.277. The lowest BCUT2D eigenvalue weighted by atomic mass is 9.89. The van der Waals surface area contributed by atoms with E-state index in [0.29, 0.717) is 12.5 Å². The van der Waals surface area contributed by atoms with Gasteiger partial charge in [-0.3, -0.25) is 0 Å². The third-order valence-corrected chi connectivity index (χ3v) is 18.8. The van der Waals surface area contributed by atoms with E-state index in [1.807, 2.05) is 25.7 Å². The van der Waals surface area contributed by atoms with E-state index in [1.165, 1.54) is 32.1 Å². The molecule has 10 heteroatoms. The minimum absolute atomic E-state index is 0.237. The molecule has 0 amide bonds. The average molecular weight is 435 g/mol. The van der Waals surface area contributed by atoms with Crippen LogP contribution in [0.5, 0.6) is 0 Å². The molecule has 2 rings (SSSR count). The van der Waals surface area contributed by atoms with Crippen LogP contribution in [-0.2, 0) is 26.0 Å². The normalized spacial score (nSPS) is 34.4. The minimum atomic E-state index is -2.31. The van der Waals surface area contributed by atoms with E-state index in [0.717, 1.165) is 12.5 Å². The fourth-order valence-electron chi connectivity index (χ4n) is 3.63. The predicted molar refractivity (Wildman–Crippen MR) is 111 cm³/mol. The highest BCUT2D eigenvalue weighted by Gasteiger charge is 2.39. The molecule has 0 bridgehead atoms. The summed E-state index contributed by atoms with van der Waals surface area (Å²) in [6.07, 6.45) is 10.6. The molecular formula is C16H34O6Si4. The summed E-state index contributed by atoms with van der Waals surface area (Å²) in [5.41, 5.74) is 0. The molecule has 0 N–H and O–H groups in total. The molecular weight excluding hydrogens is 401 g/mol. The smallest absolute Gasteiger partial charge is 0.330 e. The molecule has 2 unspecified atom stereocenters. The van der Waals surface area contributed by atoms with Gasteiger partial charge in [-0.25, -0.2) is 4.79 Å². The average Bonchev–Trinajstić information content (AvgIpc) is 2.56. The first-order chi connectivity index (χ1) is 12.4. The van der Waals surface area contributed by atoms with Crippen LogP contribution in [0, 0.1) is 5.92 Å². The molecule has 1 aliphatic carbocycles. The van der Waals surface area contributed by atoms with Crippen molar-refractivity contribution in [1.82, 2.24) is 0 Å². The molecule has 1 saturated heterocycles. The first-order valence-electron chi connectivity index (χ1n) is 9.88. The van der Waals surface area contributed by atoms with E-state index in [4.69, 9.17) is 21.2 Å². The van der Waals surface area contributed by atoms with Gasteiger partial charge in [-0.2, -0.15) is 0 Å². The second-order valence-corrected chi connectivity index (χ2v) is 17.6. The lowest BCUT2D eigenvalue weighted by molar-refractivity contribution is -0.137. The Labute approximate surface area is 164 Å². The Balaban J connectivity index is 1.69. The number of hydrogen-bond donors (Lipinski definition) is 0. The Morgan fingerprint density at radius 1 is 1.08 bits per heavy atom. The Morgan fingerprint density at radius 3 is 2.31 bits per heavy atom. The summed E-state index contributed by atoms with van der Waals surface area (Å²) in [5, 5.41) is 0. The van der Waals surface area contributed by atoms with E-state index in [2.05, 4.69) is 6.55 Å². The second-order valence-electron chi connectivity index (χ2n) is 7.37. The zero-order valence-electron chi connectivity index (χ0n) is 16.6. The lowest BCUT2D eigenvalue weighted by Crippen LogP contribution is -2.53. The monoisotopic (exact) mass is 434 g/mol. The van der Waals surface area contributed by atoms with Crippen molar-refractivity contribution in [2.75, 3.05) is 6.61 Å². The zero-order valence-corrected chi connectivity index (χ0v) is 21.0. The molecule has 1 saturated carbocycles. The summed E-state index contributed by atoms with van der Waals surface area (Å²) in [4.78, 5) is 11.9. The van der Waals surface area contributed by atoms with Crippen molar-refractivity contribution >= 4 is 42.4 Å². The number of allylic oxidation sites excluding steroid dienone is 1. The molecule has 0 spiro atoms. The summed E-state index contributed by atoms with van der Waals surface area (Å²) in [5.74, 6) is 0.307. The number of rotatable bonds is 6. The molecule has 0 aromatic rings. The Bertz CT molecular complexity index is 458. The van der Waals surface area contributed by atoms with Gasteiger partial charge in [0.1, 0.15) is 0 Å². The van der Waals surface area contributed by atoms with Crippen LogP contribution in [0.2, 0.25) is 32.2 Å². The first kappa shape index (κ1) is 22.2. The zero-order chi connectivity index (χ0) is 19.0. The molecule has 150 valence electrons. The third-order valence-electron chi connectivity index (χ3n) is 4.77. The molecule has 1 heterocycles. The van der Waals surface area contributed by atoms with Gasteiger partial charge in [0.15, 0.2) is 0 Å². The minimum Gasteiger partial charge on any atom is -0.463 e. The molecule has 1 aliphatic heterocycles. The fraction of sp³-hybridized carbons (Fsp3) is 0.812. The molecule has 26 heavy (non-hydrogen) atoms. The van der Waals surface area contributed by atoms with Gasteiger partial charge in [-0.05, 0) is 57.4 Å². The molecule has 2 atom stereocenters. The van der Waals surface area contributed by atoms with Crippen molar-refractivity contribution in [3.8, 4) is 0 Å². The van der Waals surface area contributed by atoms with Crippen LogP contribution in [0.3, 0.4) is 0 Å². The SMILES string of the molecule is C[SiH]1O[SiH](C)O[Si](C)(CCCOC(=O)/C=C/C2CCCCC2)O[SiH](C)O1. The predicted octanol–water partition coefficient (Wildman–Crippen LogP) is 2.76. The number of esters is 1. The summed E-state index contributed by atoms with van der Waals surface area (Å²) < 4.78 is 29.6. The number of carbonyl (C=O) groups is 1. The van der Waals surface area contributed by atoms with Gasteiger partial charge in [0, 0.05) is 6.08 Å². The van der Waals surface area contributed by atoms with Crippen molar-refractivity contribution in [3.05, 3.63) is 12.2 Å². The van der Waals surface area contributed by atoms with E-state index in [9.17, 15) is 4.79 Å². The molecule has 2 aliphatic rings. The van der Waals surface area contributed by atoms with Crippen molar-refractivity contribution < 1.29 is 26.0 Å². The van der Waals surface area contributed by atoms with Crippen molar-refractivity contribution in [1.29, 1.82) is 0 Å². The van der Waals surface area contributed by atoms with Gasteiger partial charge in [0.25, 0.3) is 27.9 Å². The van der Waals surface area contributed by atoms with Crippen molar-refractivity contribution in [2.24, 2.45) is 5.92 Å². The highest BCUT2D eigenvalue weighted by Crippen LogP contribution is 2.24. The van der Waals surface area contributed by atoms with Crippen LogP contribution in [0.4, 0.5) is 0 Å². The maximum atomic E-state index is 11.9. The van der Waals surface area contributed by atoms with Crippen LogP contribution in [0.25, 0.3) is 0 Å². The van der Waals surface area contributed by atoms with Crippen molar-refractivity contribution in [2.45, 2.75) is 70.8 Å². The van der Waals surface area contributed by atoms with Crippen LogP contribution in [-0.4, -0.2) is 49.0 Å². The molecule has 0 radical (unpaired) electrons. The molecule has 2 fully saturated rings. The Hall–Kier alpha value is -0.0825. The van der Waals surface area contributed by atoms with Gasteiger partial charge < -0.3 is 21.2 Å². The largest absolute Gasteiger partial charge is 0.463 e. The van der Waals surface area contributed by atoms with Gasteiger partial charge >= 0.3 is 14.5 Å². The van der Waals surface area contributed by atoms with E-state index in [-0.39, 0.29) is 5.97 Å². The van der Waals surface area contributed by atoms with E-state index < -0.39 is 36.4 Å². The van der Waals surface area contributed by atoms with Crippen LogP contribution in [0.1, 0.15) is 38.5 Å². The Morgan fingerprint density at radius 2 is 1.69 bits per heavy atom. The highest BCUT2D eigenvalue weighted by atomic mass is 28.5. The third kappa shape index (κ3) is 8.29. The topological polar surface area (TPSA) is 63.2 Å². The number of ether oxygens (including phenoxy) is 1. The fourth-order valence-corrected chi connectivity index (χ4v) is 18.3.